The molecule has 18 aromatic carbocycles. The van der Waals surface area contributed by atoms with Crippen molar-refractivity contribution in [1.29, 1.82) is 0 Å². The van der Waals surface area contributed by atoms with Crippen molar-refractivity contribution in [2.45, 2.75) is 122 Å². The van der Waals surface area contributed by atoms with Gasteiger partial charge in [-0.2, -0.15) is 0 Å². The van der Waals surface area contributed by atoms with Gasteiger partial charge in [0.15, 0.2) is 5.75 Å². The maximum absolute atomic E-state index is 12.6. The highest BCUT2D eigenvalue weighted by molar-refractivity contribution is 6.04. The van der Waals surface area contributed by atoms with E-state index in [1.807, 2.05) is 79.7 Å². The highest BCUT2D eigenvalue weighted by Gasteiger charge is 2.32. The summed E-state index contributed by atoms with van der Waals surface area (Å²) in [7, 11) is 0. The molecule has 0 saturated carbocycles. The number of carbonyl (C=O) groups is 1. The SMILES string of the molecule is Cc1ccc2c(c1)C=Cc1ccccc1N2c1ccccc1C.Cc1ccc2c(c1)CCCc1ccccc1N2c1ccccc1C.Cc1ccc2c(c1)CCc1ccccc1N2c1ccccc1C.Cc1ccc2c(c1)N=Nc1ccccc1N2c1ccccc1C.Cc1ccc2c(c1)OC(=O)c1ccccc1N2c1ccccc1C.Cc1ccc2c(c1)OCc1ccccc1N2c1ccccc1C. The summed E-state index contributed by atoms with van der Waals surface area (Å²) in [6, 6.07) is 140. The molecule has 0 aliphatic carbocycles. The van der Waals surface area contributed by atoms with E-state index in [9.17, 15) is 4.79 Å². The molecule has 24 rings (SSSR count). The maximum atomic E-state index is 12.6. The second kappa shape index (κ2) is 41.5. The van der Waals surface area contributed by atoms with Crippen molar-refractivity contribution in [3.8, 4) is 11.5 Å². The fourth-order valence-corrected chi connectivity index (χ4v) is 19.7. The zero-order valence-corrected chi connectivity index (χ0v) is 81.8. The van der Waals surface area contributed by atoms with Gasteiger partial charge in [-0.25, -0.2) is 4.79 Å². The predicted octanol–water partition coefficient (Wildman–Crippen LogP) is 35.9. The summed E-state index contributed by atoms with van der Waals surface area (Å²) in [6.07, 6.45) is 10.1. The Labute approximate surface area is 825 Å². The van der Waals surface area contributed by atoms with E-state index < -0.39 is 0 Å². The number of carbonyl (C=O) groups excluding carboxylic acids is 1. The molecular weight excluding hydrogens is 1710 g/mol. The lowest BCUT2D eigenvalue weighted by atomic mass is 9.95. The van der Waals surface area contributed by atoms with E-state index in [0.29, 0.717) is 17.9 Å². The third-order valence-electron chi connectivity index (χ3n) is 26.8. The second-order valence-corrected chi connectivity index (χ2v) is 37.0. The molecule has 6 aliphatic rings. The van der Waals surface area contributed by atoms with Gasteiger partial charge in [0, 0.05) is 62.4 Å². The average molecular weight is 1830 g/mol. The van der Waals surface area contributed by atoms with Gasteiger partial charge in [-0.05, 0) is 344 Å². The monoisotopic (exact) mass is 1820 g/mol. The number of rotatable bonds is 6. The minimum absolute atomic E-state index is 0.325. The lowest BCUT2D eigenvalue weighted by molar-refractivity contribution is 0.0738. The van der Waals surface area contributed by atoms with Crippen LogP contribution in [0.4, 0.5) is 114 Å². The van der Waals surface area contributed by atoms with E-state index in [1.165, 1.54) is 164 Å². The number of hydrogen-bond donors (Lipinski definition) is 0. The first-order valence-electron chi connectivity index (χ1n) is 48.6. The fourth-order valence-electron chi connectivity index (χ4n) is 19.7. The predicted molar refractivity (Wildman–Crippen MR) is 585 cm³/mol. The summed E-state index contributed by atoms with van der Waals surface area (Å²) in [5, 5.41) is 8.94. The molecule has 140 heavy (non-hydrogen) atoms. The van der Waals surface area contributed by atoms with Gasteiger partial charge in [0.25, 0.3) is 0 Å². The Bertz CT molecular complexity index is 7330. The van der Waals surface area contributed by atoms with Gasteiger partial charge in [-0.1, -0.05) is 284 Å². The number of azo groups is 1. The topological polar surface area (TPSA) is 79.7 Å². The summed E-state index contributed by atoms with van der Waals surface area (Å²) in [5.41, 5.74) is 47.6. The van der Waals surface area contributed by atoms with Crippen LogP contribution in [0.2, 0.25) is 0 Å². The van der Waals surface area contributed by atoms with Crippen molar-refractivity contribution in [1.82, 2.24) is 0 Å². The molecule has 0 spiro atoms. The van der Waals surface area contributed by atoms with Crippen LogP contribution in [0, 0.1) is 83.1 Å². The number of nitrogens with zero attached hydrogens (tertiary/aromatic N) is 8. The molecule has 0 amide bonds. The average Bonchev–Trinajstić information content (AvgIpc) is 1.76. The Balaban J connectivity index is 0.000000107. The van der Waals surface area contributed by atoms with Gasteiger partial charge in [-0.15, -0.1) is 10.2 Å². The van der Waals surface area contributed by atoms with Crippen molar-refractivity contribution < 1.29 is 14.3 Å². The van der Waals surface area contributed by atoms with Crippen molar-refractivity contribution in [2.75, 3.05) is 29.4 Å². The number of esters is 1. The van der Waals surface area contributed by atoms with Gasteiger partial charge in [0.05, 0.1) is 51.1 Å². The molecule has 0 radical (unpaired) electrons. The summed E-state index contributed by atoms with van der Waals surface area (Å²) < 4.78 is 11.8. The standard InChI is InChI=1S/C23H23N.C22H21N.C22H19N.C21H17NO2.C21H19NO.C20H17N3/c1-17-14-15-23-20(16-17)11-7-10-19-9-4-6-13-22(19)24(23)21-12-5-3-8-18(21)2;2*1-16-11-14-22-19(15-16)13-12-18-8-4-6-10-21(18)23(22)20-9-5-3-7-17(20)2;1-14-11-12-19-20(13-14)24-21(23)16-8-4-6-10-18(16)22(19)17-9-5-3-7-15(17)2;1-15-11-12-20-21(13-15)23-14-17-8-4-6-10-19(17)22(20)18-9-5-3-7-16(18)2;1-14-11-12-20-17(13-14)22-21-16-8-4-6-10-19(16)23(20)18-9-5-3-7-15(18)2/h3-6,8-9,12-16H,7,10-11H2,1-2H3;3-11,14-15H,12-13H2,1-2H3;3-15H,1-2H3;3-13H,1-2H3;3-13H,14H2,1-2H3;3-13H,1-2H3. The van der Waals surface area contributed by atoms with E-state index in [1.54, 1.807) is 0 Å². The number of para-hydroxylation sites is 12. The van der Waals surface area contributed by atoms with Crippen LogP contribution < -0.4 is 38.9 Å². The molecule has 0 saturated heterocycles. The number of aryl methyl sites for hydroxylation is 16. The first kappa shape index (κ1) is 92.4. The highest BCUT2D eigenvalue weighted by Crippen LogP contribution is 2.53. The van der Waals surface area contributed by atoms with Gasteiger partial charge in [0.2, 0.25) is 0 Å². The van der Waals surface area contributed by atoms with Crippen LogP contribution in [-0.4, -0.2) is 5.97 Å². The van der Waals surface area contributed by atoms with E-state index in [0.717, 1.165) is 93.7 Å². The Morgan fingerprint density at radius 3 is 1.02 bits per heavy atom. The maximum Gasteiger partial charge on any atom is 0.345 e. The highest BCUT2D eigenvalue weighted by atomic mass is 16.5. The van der Waals surface area contributed by atoms with Gasteiger partial charge in [-0.3, -0.25) is 0 Å². The number of hydrogen-bond acceptors (Lipinski definition) is 11. The lowest BCUT2D eigenvalue weighted by Crippen LogP contribution is -2.17. The smallest absolute Gasteiger partial charge is 0.345 e. The molecule has 6 heterocycles. The van der Waals surface area contributed by atoms with E-state index in [-0.39, 0.29) is 5.97 Å². The van der Waals surface area contributed by atoms with Crippen LogP contribution in [0.1, 0.15) is 122 Å². The van der Waals surface area contributed by atoms with Crippen molar-refractivity contribution >= 4 is 132 Å². The quantitative estimate of drug-likeness (QED) is 0.119. The second-order valence-electron chi connectivity index (χ2n) is 37.0. The number of fused-ring (bicyclic) bond motifs is 12. The normalized spacial score (nSPS) is 13.0. The Kier molecular flexibility index (Phi) is 27.4. The summed E-state index contributed by atoms with van der Waals surface area (Å²) in [5.74, 6) is 1.19. The number of ether oxygens (including phenoxy) is 2. The third kappa shape index (κ3) is 19.6. The Hall–Kier alpha value is -16.6. The first-order valence-corrected chi connectivity index (χ1v) is 48.6. The van der Waals surface area contributed by atoms with Crippen LogP contribution in [0.3, 0.4) is 0 Å². The molecular formula is C129H116N8O3. The number of anilines is 18. The molecule has 11 nitrogen and oxygen atoms in total. The molecule has 18 aromatic rings. The van der Waals surface area contributed by atoms with Crippen LogP contribution in [0.15, 0.2) is 411 Å². The van der Waals surface area contributed by atoms with Gasteiger partial charge >= 0.3 is 5.97 Å². The van der Waals surface area contributed by atoms with Crippen LogP contribution in [-0.2, 0) is 32.3 Å². The largest absolute Gasteiger partial charge is 0.487 e. The molecule has 0 bridgehead atoms. The van der Waals surface area contributed by atoms with Crippen molar-refractivity contribution in [2.24, 2.45) is 10.2 Å². The Morgan fingerprint density at radius 1 is 0.214 bits per heavy atom. The Morgan fingerprint density at radius 2 is 0.507 bits per heavy atom. The van der Waals surface area contributed by atoms with Crippen molar-refractivity contribution in [3.05, 3.63) is 512 Å². The molecule has 690 valence electrons. The minimum Gasteiger partial charge on any atom is -0.487 e. The molecule has 0 fully saturated rings. The molecule has 0 atom stereocenters. The van der Waals surface area contributed by atoms with Gasteiger partial charge < -0.3 is 38.9 Å². The van der Waals surface area contributed by atoms with Crippen LogP contribution in [0.25, 0.3) is 12.2 Å². The van der Waals surface area contributed by atoms with E-state index in [2.05, 4.69) is 456 Å². The molecule has 0 aromatic heterocycles. The summed E-state index contributed by atoms with van der Waals surface area (Å²) >= 11 is 0. The fraction of sp³-hybridized carbons (Fsp3) is 0.140. The summed E-state index contributed by atoms with van der Waals surface area (Å²) in [4.78, 5) is 26.5. The molecule has 0 unspecified atom stereocenters. The van der Waals surface area contributed by atoms with E-state index >= 15 is 0 Å². The lowest BCUT2D eigenvalue weighted by Gasteiger charge is -2.32. The first-order chi connectivity index (χ1) is 68.3. The zero-order chi connectivity index (χ0) is 96.4. The number of benzene rings is 18. The minimum atomic E-state index is -0.325. The van der Waals surface area contributed by atoms with Crippen LogP contribution >= 0.6 is 0 Å². The third-order valence-corrected chi connectivity index (χ3v) is 26.8. The zero-order valence-electron chi connectivity index (χ0n) is 81.8. The molecule has 11 heteroatoms. The van der Waals surface area contributed by atoms with Gasteiger partial charge in [0.1, 0.15) is 23.7 Å². The molecule has 0 N–H and O–H groups in total. The van der Waals surface area contributed by atoms with Crippen LogP contribution in [0.5, 0.6) is 11.5 Å². The van der Waals surface area contributed by atoms with Crippen molar-refractivity contribution in [3.63, 3.8) is 0 Å². The van der Waals surface area contributed by atoms with E-state index in [4.69, 9.17) is 9.47 Å². The molecule has 6 aliphatic heterocycles. The summed E-state index contributed by atoms with van der Waals surface area (Å²) in [6.45, 7) is 26.2.